The van der Waals surface area contributed by atoms with E-state index >= 15 is 0 Å². The van der Waals surface area contributed by atoms with Gasteiger partial charge in [-0.1, -0.05) is 34.7 Å². The van der Waals surface area contributed by atoms with Gasteiger partial charge in [0.25, 0.3) is 0 Å². The van der Waals surface area contributed by atoms with Crippen molar-refractivity contribution in [1.29, 1.82) is 0 Å². The van der Waals surface area contributed by atoms with E-state index in [1.165, 1.54) is 5.56 Å². The fourth-order valence-corrected chi connectivity index (χ4v) is 4.40. The van der Waals surface area contributed by atoms with Crippen LogP contribution in [0.1, 0.15) is 31.9 Å². The minimum Gasteiger partial charge on any atom is -0.313 e. The van der Waals surface area contributed by atoms with Gasteiger partial charge >= 0.3 is 0 Å². The average Bonchev–Trinajstić information content (AvgIpc) is 2.81. The van der Waals surface area contributed by atoms with Crippen LogP contribution in [0.25, 0.3) is 0 Å². The molecule has 1 aliphatic rings. The molecule has 0 atom stereocenters. The van der Waals surface area contributed by atoms with Crippen molar-refractivity contribution >= 4 is 45.8 Å². The number of benzene rings is 1. The van der Waals surface area contributed by atoms with Crippen LogP contribution in [0.5, 0.6) is 0 Å². The number of alkyl halides is 1. The molecule has 0 unspecified atom stereocenters. The van der Waals surface area contributed by atoms with Crippen molar-refractivity contribution in [2.75, 3.05) is 34.5 Å². The third kappa shape index (κ3) is 4.51. The summed E-state index contributed by atoms with van der Waals surface area (Å²) >= 11 is 2.39. The Kier molecular flexibility index (Phi) is 7.13. The van der Waals surface area contributed by atoms with Crippen LogP contribution in [-0.4, -0.2) is 46.4 Å². The molecular weight excluding hydrogens is 491 g/mol. The Bertz CT molecular complexity index is 917. The van der Waals surface area contributed by atoms with Gasteiger partial charge in [-0.05, 0) is 56.5 Å². The number of amides is 2. The third-order valence-electron chi connectivity index (χ3n) is 5.64. The lowest BCUT2D eigenvalue weighted by molar-refractivity contribution is -0.137. The summed E-state index contributed by atoms with van der Waals surface area (Å²) < 4.78 is 0.899. The Morgan fingerprint density at radius 1 is 1.10 bits per heavy atom. The molecule has 0 N–H and O–H groups in total. The van der Waals surface area contributed by atoms with Crippen LogP contribution in [0, 0.1) is 5.41 Å². The highest BCUT2D eigenvalue weighted by Gasteiger charge is 2.45. The van der Waals surface area contributed by atoms with Gasteiger partial charge in [0.15, 0.2) is 0 Å². The van der Waals surface area contributed by atoms with E-state index in [9.17, 15) is 9.59 Å². The summed E-state index contributed by atoms with van der Waals surface area (Å²) in [7, 11) is 1.76. The van der Waals surface area contributed by atoms with Gasteiger partial charge in [0, 0.05) is 39.1 Å². The average molecular weight is 520 g/mol. The summed E-state index contributed by atoms with van der Waals surface area (Å²) in [6, 6.07) is 10.1. The zero-order valence-corrected chi connectivity index (χ0v) is 20.2. The first-order chi connectivity index (χ1) is 14.3. The third-order valence-corrected chi connectivity index (χ3v) is 6.61. The highest BCUT2D eigenvalue weighted by atomic mass is 127. The van der Waals surface area contributed by atoms with Crippen molar-refractivity contribution in [3.8, 4) is 0 Å². The lowest BCUT2D eigenvalue weighted by Crippen LogP contribution is -2.47. The van der Waals surface area contributed by atoms with Crippen LogP contribution in [0.2, 0.25) is 0 Å². The van der Waals surface area contributed by atoms with E-state index in [0.717, 1.165) is 41.0 Å². The zero-order valence-electron chi connectivity index (χ0n) is 18.1. The zero-order chi connectivity index (χ0) is 21.9. The molecule has 30 heavy (non-hydrogen) atoms. The van der Waals surface area contributed by atoms with Gasteiger partial charge in [-0.3, -0.25) is 19.5 Å². The molecule has 2 aromatic rings. The summed E-state index contributed by atoms with van der Waals surface area (Å²) in [4.78, 5) is 35.9. The smallest absolute Gasteiger partial charge is 0.242 e. The molecule has 0 aliphatic carbocycles. The summed E-state index contributed by atoms with van der Waals surface area (Å²) in [5, 5.41) is 0. The topological polar surface area (TPSA) is 56.8 Å². The van der Waals surface area contributed by atoms with Crippen molar-refractivity contribution in [2.24, 2.45) is 5.41 Å². The second-order valence-electron chi connectivity index (χ2n) is 8.14. The molecule has 0 radical (unpaired) electrons. The molecule has 2 amide bonds. The Balaban J connectivity index is 1.84. The van der Waals surface area contributed by atoms with Gasteiger partial charge in [-0.15, -0.1) is 0 Å². The molecule has 0 spiro atoms. The van der Waals surface area contributed by atoms with Gasteiger partial charge in [0.05, 0.1) is 15.9 Å². The van der Waals surface area contributed by atoms with Crippen molar-refractivity contribution < 1.29 is 9.59 Å². The molecule has 160 valence electrons. The second-order valence-corrected chi connectivity index (χ2v) is 8.83. The number of fused-ring (bicyclic) bond motifs is 1. The number of halogens is 1. The second kappa shape index (κ2) is 9.43. The largest absolute Gasteiger partial charge is 0.313 e. The van der Waals surface area contributed by atoms with E-state index in [-0.39, 0.29) is 11.8 Å². The van der Waals surface area contributed by atoms with Crippen molar-refractivity contribution in [2.45, 2.75) is 33.7 Å². The van der Waals surface area contributed by atoms with E-state index in [1.54, 1.807) is 36.9 Å². The maximum atomic E-state index is 13.0. The predicted molar refractivity (Wildman–Crippen MR) is 129 cm³/mol. The van der Waals surface area contributed by atoms with E-state index in [1.807, 2.05) is 31.3 Å². The highest BCUT2D eigenvalue weighted by Crippen LogP contribution is 2.38. The molecule has 7 heteroatoms. The Hall–Kier alpha value is -2.00. The number of anilines is 2. The maximum absolute atomic E-state index is 13.0. The Labute approximate surface area is 192 Å². The molecule has 2 heterocycles. The van der Waals surface area contributed by atoms with Crippen LogP contribution < -0.4 is 9.80 Å². The number of pyridine rings is 1. The van der Waals surface area contributed by atoms with E-state index in [2.05, 4.69) is 44.6 Å². The SMILES string of the molecule is CCN1C(=O)C(C)(C)C(=O)N(C)c2cc(CN(CI)CCc3cccnc3)ccc21. The summed E-state index contributed by atoms with van der Waals surface area (Å²) in [6.07, 6.45) is 4.64. The van der Waals surface area contributed by atoms with Crippen LogP contribution >= 0.6 is 22.6 Å². The molecule has 3 rings (SSSR count). The monoisotopic (exact) mass is 520 g/mol. The van der Waals surface area contributed by atoms with Crippen LogP contribution in [-0.2, 0) is 22.6 Å². The first kappa shape index (κ1) is 22.7. The molecule has 1 aromatic heterocycles. The highest BCUT2D eigenvalue weighted by molar-refractivity contribution is 14.1. The Morgan fingerprint density at radius 2 is 1.87 bits per heavy atom. The maximum Gasteiger partial charge on any atom is 0.242 e. The Morgan fingerprint density at radius 3 is 2.50 bits per heavy atom. The number of aromatic nitrogens is 1. The summed E-state index contributed by atoms with van der Waals surface area (Å²) in [5.74, 6) is -0.331. The molecule has 0 fully saturated rings. The van der Waals surface area contributed by atoms with Crippen molar-refractivity contribution in [1.82, 2.24) is 9.88 Å². The van der Waals surface area contributed by atoms with Gasteiger partial charge in [0.1, 0.15) is 5.41 Å². The van der Waals surface area contributed by atoms with Crippen LogP contribution in [0.15, 0.2) is 42.7 Å². The number of carbonyl (C=O) groups excluding carboxylic acids is 2. The molecule has 0 saturated heterocycles. The van der Waals surface area contributed by atoms with Crippen molar-refractivity contribution in [3.63, 3.8) is 0 Å². The first-order valence-corrected chi connectivity index (χ1v) is 11.7. The van der Waals surface area contributed by atoms with E-state index in [4.69, 9.17) is 0 Å². The lowest BCUT2D eigenvalue weighted by atomic mass is 9.90. The number of hydrogen-bond donors (Lipinski definition) is 0. The van der Waals surface area contributed by atoms with E-state index < -0.39 is 5.41 Å². The minimum atomic E-state index is -1.08. The summed E-state index contributed by atoms with van der Waals surface area (Å²) in [6.45, 7) is 7.59. The number of nitrogens with zero attached hydrogens (tertiary/aromatic N) is 4. The number of hydrogen-bond acceptors (Lipinski definition) is 4. The normalized spacial score (nSPS) is 16.1. The fraction of sp³-hybridized carbons (Fsp3) is 0.435. The van der Waals surface area contributed by atoms with Crippen LogP contribution in [0.3, 0.4) is 0 Å². The molecule has 1 aromatic carbocycles. The number of rotatable bonds is 7. The lowest BCUT2D eigenvalue weighted by Gasteiger charge is -2.27. The molecule has 1 aliphatic heterocycles. The van der Waals surface area contributed by atoms with Crippen molar-refractivity contribution in [3.05, 3.63) is 53.9 Å². The quantitative estimate of drug-likeness (QED) is 0.241. The predicted octanol–water partition coefficient (Wildman–Crippen LogP) is 3.87. The van der Waals surface area contributed by atoms with Gasteiger partial charge in [-0.2, -0.15) is 0 Å². The molecular formula is C23H29IN4O2. The van der Waals surface area contributed by atoms with Gasteiger partial charge in [-0.25, -0.2) is 0 Å². The van der Waals surface area contributed by atoms with Gasteiger partial charge < -0.3 is 9.80 Å². The molecule has 6 nitrogen and oxygen atoms in total. The fourth-order valence-electron chi connectivity index (χ4n) is 3.82. The summed E-state index contributed by atoms with van der Waals surface area (Å²) in [5.41, 5.74) is 2.85. The minimum absolute atomic E-state index is 0.154. The van der Waals surface area contributed by atoms with Gasteiger partial charge in [0.2, 0.25) is 11.8 Å². The molecule has 0 saturated carbocycles. The first-order valence-electron chi connectivity index (χ1n) is 10.2. The van der Waals surface area contributed by atoms with E-state index in [0.29, 0.717) is 6.54 Å². The number of carbonyl (C=O) groups is 2. The van der Waals surface area contributed by atoms with Crippen LogP contribution in [0.4, 0.5) is 11.4 Å². The molecule has 0 bridgehead atoms. The standard InChI is InChI=1S/C23H29IN4O2/c1-5-28-19-9-8-18(13-20(19)26(4)21(29)23(2,3)22(28)30)15-27(16-24)12-10-17-7-6-11-25-14-17/h6-9,11,13-14H,5,10,12,15-16H2,1-4H3.